The van der Waals surface area contributed by atoms with Gasteiger partial charge in [-0.1, -0.05) is 55.9 Å². The number of aromatic nitrogens is 3. The van der Waals surface area contributed by atoms with Gasteiger partial charge in [0, 0.05) is 12.1 Å². The molecule has 17 heavy (non-hydrogen) atoms. The van der Waals surface area contributed by atoms with E-state index in [1.54, 1.807) is 11.8 Å². The van der Waals surface area contributed by atoms with Crippen molar-refractivity contribution >= 4 is 11.8 Å². The third-order valence-corrected chi connectivity index (χ3v) is 3.32. The van der Waals surface area contributed by atoms with Crippen LogP contribution in [-0.4, -0.2) is 20.5 Å². The molecule has 4 heteroatoms. The Morgan fingerprint density at radius 1 is 1.12 bits per heavy atom. The van der Waals surface area contributed by atoms with Crippen LogP contribution in [0.2, 0.25) is 0 Å². The largest absolute Gasteiger partial charge is 0.302 e. The minimum atomic E-state index is 0.972. The van der Waals surface area contributed by atoms with Crippen molar-refractivity contribution in [2.75, 3.05) is 5.75 Å². The van der Waals surface area contributed by atoms with Gasteiger partial charge in [0.15, 0.2) is 11.0 Å². The van der Waals surface area contributed by atoms with E-state index in [1.165, 1.54) is 0 Å². The second-order valence-corrected chi connectivity index (χ2v) is 4.99. The van der Waals surface area contributed by atoms with Crippen molar-refractivity contribution in [1.29, 1.82) is 0 Å². The molecule has 0 atom stereocenters. The van der Waals surface area contributed by atoms with Crippen molar-refractivity contribution in [3.8, 4) is 11.4 Å². The summed E-state index contributed by atoms with van der Waals surface area (Å²) in [7, 11) is 0. The van der Waals surface area contributed by atoms with E-state index >= 15 is 0 Å². The summed E-state index contributed by atoms with van der Waals surface area (Å²) in [5.41, 5.74) is 1.14. The quantitative estimate of drug-likeness (QED) is 0.758. The van der Waals surface area contributed by atoms with E-state index in [0.29, 0.717) is 0 Å². The molecule has 0 amide bonds. The predicted molar refractivity (Wildman–Crippen MR) is 72.1 cm³/mol. The molecule has 0 saturated heterocycles. The highest BCUT2D eigenvalue weighted by Gasteiger charge is 2.12. The zero-order valence-electron chi connectivity index (χ0n) is 10.3. The number of rotatable bonds is 5. The fourth-order valence-electron chi connectivity index (χ4n) is 1.75. The molecule has 90 valence electrons. The third-order valence-electron chi connectivity index (χ3n) is 2.47. The third kappa shape index (κ3) is 2.69. The van der Waals surface area contributed by atoms with Gasteiger partial charge in [-0.05, 0) is 12.2 Å². The Morgan fingerprint density at radius 2 is 1.88 bits per heavy atom. The van der Waals surface area contributed by atoms with Crippen LogP contribution >= 0.6 is 11.8 Å². The molecule has 0 unspecified atom stereocenters. The number of benzene rings is 1. The lowest BCUT2D eigenvalue weighted by Gasteiger charge is -2.07. The Labute approximate surface area is 106 Å². The predicted octanol–water partition coefficient (Wildman–Crippen LogP) is 3.47. The molecule has 1 aromatic heterocycles. The van der Waals surface area contributed by atoms with Crippen LogP contribution < -0.4 is 0 Å². The molecule has 0 bridgehead atoms. The molecule has 0 aliphatic carbocycles. The molecular formula is C13H17N3S. The fraction of sp³-hybridized carbons (Fsp3) is 0.385. The van der Waals surface area contributed by atoms with Gasteiger partial charge in [0.25, 0.3) is 0 Å². The topological polar surface area (TPSA) is 30.7 Å². The molecule has 0 saturated carbocycles. The van der Waals surface area contributed by atoms with Crippen LogP contribution in [0.1, 0.15) is 20.3 Å². The van der Waals surface area contributed by atoms with Gasteiger partial charge in [-0.25, -0.2) is 0 Å². The van der Waals surface area contributed by atoms with E-state index in [9.17, 15) is 0 Å². The monoisotopic (exact) mass is 247 g/mol. The van der Waals surface area contributed by atoms with E-state index < -0.39 is 0 Å². The number of nitrogens with zero attached hydrogens (tertiary/aromatic N) is 3. The van der Waals surface area contributed by atoms with Gasteiger partial charge in [0.1, 0.15) is 0 Å². The number of hydrogen-bond acceptors (Lipinski definition) is 3. The van der Waals surface area contributed by atoms with E-state index in [4.69, 9.17) is 0 Å². The Bertz CT molecular complexity index is 465. The Morgan fingerprint density at radius 3 is 2.53 bits per heavy atom. The van der Waals surface area contributed by atoms with Crippen LogP contribution in [0.5, 0.6) is 0 Å². The molecule has 2 rings (SSSR count). The molecule has 0 fully saturated rings. The molecule has 0 radical (unpaired) electrons. The van der Waals surface area contributed by atoms with Gasteiger partial charge < -0.3 is 4.57 Å². The summed E-state index contributed by atoms with van der Waals surface area (Å²) in [5, 5.41) is 9.61. The first-order valence-electron chi connectivity index (χ1n) is 5.98. The van der Waals surface area contributed by atoms with Crippen molar-refractivity contribution in [2.45, 2.75) is 32.0 Å². The molecule has 1 aromatic carbocycles. The molecule has 2 aromatic rings. The van der Waals surface area contributed by atoms with Crippen molar-refractivity contribution in [2.24, 2.45) is 0 Å². The van der Waals surface area contributed by atoms with Crippen LogP contribution in [0.4, 0.5) is 0 Å². The zero-order chi connectivity index (χ0) is 12.1. The maximum Gasteiger partial charge on any atom is 0.191 e. The second kappa shape index (κ2) is 5.87. The summed E-state index contributed by atoms with van der Waals surface area (Å²) in [6.07, 6.45) is 1.09. The highest BCUT2D eigenvalue weighted by Crippen LogP contribution is 2.23. The molecular weight excluding hydrogens is 230 g/mol. The smallest absolute Gasteiger partial charge is 0.191 e. The zero-order valence-corrected chi connectivity index (χ0v) is 11.1. The van der Waals surface area contributed by atoms with E-state index in [1.807, 2.05) is 18.2 Å². The normalized spacial score (nSPS) is 10.7. The first kappa shape index (κ1) is 12.2. The molecule has 0 aliphatic heterocycles. The highest BCUT2D eigenvalue weighted by atomic mass is 32.2. The van der Waals surface area contributed by atoms with Gasteiger partial charge in [0.05, 0.1) is 0 Å². The Balaban J connectivity index is 2.40. The number of hydrogen-bond donors (Lipinski definition) is 0. The van der Waals surface area contributed by atoms with Gasteiger partial charge >= 0.3 is 0 Å². The van der Waals surface area contributed by atoms with Crippen molar-refractivity contribution in [1.82, 2.24) is 14.8 Å². The standard InChI is InChI=1S/C13H17N3S/c1-3-10-16-12(11-8-6-5-7-9-11)14-15-13(16)17-4-2/h5-9H,3-4,10H2,1-2H3. The van der Waals surface area contributed by atoms with Gasteiger partial charge in [-0.3, -0.25) is 0 Å². The van der Waals surface area contributed by atoms with Crippen molar-refractivity contribution < 1.29 is 0 Å². The molecule has 1 heterocycles. The van der Waals surface area contributed by atoms with Crippen LogP contribution in [0.25, 0.3) is 11.4 Å². The van der Waals surface area contributed by atoms with E-state index in [0.717, 1.165) is 35.3 Å². The van der Waals surface area contributed by atoms with Crippen molar-refractivity contribution in [3.63, 3.8) is 0 Å². The fourth-order valence-corrected chi connectivity index (χ4v) is 2.44. The molecule has 3 nitrogen and oxygen atoms in total. The van der Waals surface area contributed by atoms with Crippen LogP contribution in [0.3, 0.4) is 0 Å². The minimum Gasteiger partial charge on any atom is -0.302 e. The first-order chi connectivity index (χ1) is 8.36. The number of thioether (sulfide) groups is 1. The average molecular weight is 247 g/mol. The van der Waals surface area contributed by atoms with Crippen LogP contribution in [0, 0.1) is 0 Å². The SMILES string of the molecule is CCCn1c(SCC)nnc1-c1ccccc1. The van der Waals surface area contributed by atoms with Gasteiger partial charge in [-0.2, -0.15) is 0 Å². The Kier molecular flexibility index (Phi) is 4.20. The highest BCUT2D eigenvalue weighted by molar-refractivity contribution is 7.99. The van der Waals surface area contributed by atoms with Crippen LogP contribution in [0.15, 0.2) is 35.5 Å². The van der Waals surface area contributed by atoms with Gasteiger partial charge in [0.2, 0.25) is 0 Å². The summed E-state index contributed by atoms with van der Waals surface area (Å²) in [5.74, 6) is 2.00. The maximum atomic E-state index is 4.32. The average Bonchev–Trinajstić information content (AvgIpc) is 2.75. The summed E-state index contributed by atoms with van der Waals surface area (Å²) >= 11 is 1.75. The summed E-state index contributed by atoms with van der Waals surface area (Å²) in [6.45, 7) is 5.28. The van der Waals surface area contributed by atoms with E-state index in [-0.39, 0.29) is 0 Å². The summed E-state index contributed by atoms with van der Waals surface area (Å²) < 4.78 is 2.21. The first-order valence-corrected chi connectivity index (χ1v) is 6.96. The summed E-state index contributed by atoms with van der Waals surface area (Å²) in [6, 6.07) is 10.2. The van der Waals surface area contributed by atoms with Crippen molar-refractivity contribution in [3.05, 3.63) is 30.3 Å². The molecule has 0 N–H and O–H groups in total. The second-order valence-electron chi connectivity index (χ2n) is 3.76. The lowest BCUT2D eigenvalue weighted by Crippen LogP contribution is -2.01. The van der Waals surface area contributed by atoms with E-state index in [2.05, 4.69) is 40.7 Å². The van der Waals surface area contributed by atoms with Crippen LogP contribution in [-0.2, 0) is 6.54 Å². The maximum absolute atomic E-state index is 4.32. The summed E-state index contributed by atoms with van der Waals surface area (Å²) in [4.78, 5) is 0. The molecule has 0 spiro atoms. The Hall–Kier alpha value is -1.29. The molecule has 0 aliphatic rings. The lowest BCUT2D eigenvalue weighted by molar-refractivity contribution is 0.626. The van der Waals surface area contributed by atoms with Gasteiger partial charge in [-0.15, -0.1) is 10.2 Å². The lowest BCUT2D eigenvalue weighted by atomic mass is 10.2. The minimum absolute atomic E-state index is 0.972.